The molecule has 1 aliphatic heterocycles. The van der Waals surface area contributed by atoms with Crippen molar-refractivity contribution >= 4 is 5.91 Å². The molecule has 1 aromatic rings. The summed E-state index contributed by atoms with van der Waals surface area (Å²) in [5.74, 6) is 2.13. The number of rotatable bonds is 5. The van der Waals surface area contributed by atoms with Crippen molar-refractivity contribution in [3.63, 3.8) is 0 Å². The highest BCUT2D eigenvalue weighted by atomic mass is 16.5. The molecule has 0 radical (unpaired) electrons. The summed E-state index contributed by atoms with van der Waals surface area (Å²) in [4.78, 5) is 21.3. The molecule has 1 aliphatic carbocycles. The topological polar surface area (TPSA) is 74.5 Å². The largest absolute Gasteiger partial charge is 0.352 e. The maximum atomic E-state index is 12.4. The summed E-state index contributed by atoms with van der Waals surface area (Å²) in [5.41, 5.74) is 0. The number of hydrogen-bond donors (Lipinski definition) is 1. The lowest BCUT2D eigenvalue weighted by Gasteiger charge is -2.37. The predicted octanol–water partition coefficient (Wildman–Crippen LogP) is 1.75. The van der Waals surface area contributed by atoms with Gasteiger partial charge in [-0.15, -0.1) is 0 Å². The Hall–Kier alpha value is -1.47. The molecule has 140 valence electrons. The van der Waals surface area contributed by atoms with Crippen LogP contribution >= 0.6 is 0 Å². The molecule has 0 unspecified atom stereocenters. The molecule has 1 amide bonds. The number of amides is 1. The average molecular weight is 349 g/mol. The molecule has 1 N–H and O–H groups in total. The summed E-state index contributed by atoms with van der Waals surface area (Å²) in [6.07, 6.45) is 4.90. The van der Waals surface area contributed by atoms with Crippen molar-refractivity contribution < 1.29 is 9.32 Å². The van der Waals surface area contributed by atoms with Crippen LogP contribution in [0.15, 0.2) is 4.52 Å². The minimum atomic E-state index is 0.125. The summed E-state index contributed by atoms with van der Waals surface area (Å²) in [7, 11) is 0. The second kappa shape index (κ2) is 8.27. The Bertz CT molecular complexity index is 568. The number of hydrogen-bond acceptors (Lipinski definition) is 6. The molecular formula is C18H31N5O2. The molecule has 2 fully saturated rings. The van der Waals surface area contributed by atoms with E-state index in [9.17, 15) is 4.79 Å². The Morgan fingerprint density at radius 2 is 2.00 bits per heavy atom. The van der Waals surface area contributed by atoms with Crippen LogP contribution in [0, 0.1) is 12.8 Å². The van der Waals surface area contributed by atoms with Gasteiger partial charge in [-0.2, -0.15) is 4.98 Å². The fraction of sp³-hybridized carbons (Fsp3) is 0.833. The highest BCUT2D eigenvalue weighted by Gasteiger charge is 2.27. The molecule has 3 atom stereocenters. The smallest absolute Gasteiger partial charge is 0.243 e. The Balaban J connectivity index is 1.42. The fourth-order valence-corrected chi connectivity index (χ4v) is 3.93. The maximum absolute atomic E-state index is 12.4. The van der Waals surface area contributed by atoms with E-state index in [4.69, 9.17) is 4.52 Å². The number of aryl methyl sites for hydroxylation is 1. The van der Waals surface area contributed by atoms with Gasteiger partial charge in [0, 0.05) is 32.2 Å². The van der Waals surface area contributed by atoms with Crippen LogP contribution in [-0.4, -0.2) is 64.6 Å². The van der Waals surface area contributed by atoms with E-state index in [0.717, 1.165) is 32.6 Å². The van der Waals surface area contributed by atoms with Gasteiger partial charge in [-0.1, -0.05) is 24.9 Å². The highest BCUT2D eigenvalue weighted by molar-refractivity contribution is 5.78. The maximum Gasteiger partial charge on any atom is 0.243 e. The van der Waals surface area contributed by atoms with Crippen LogP contribution in [0.3, 0.4) is 0 Å². The summed E-state index contributed by atoms with van der Waals surface area (Å²) in [5, 5.41) is 7.12. The molecule has 1 aromatic heterocycles. The normalized spacial score (nSPS) is 27.2. The number of nitrogens with zero attached hydrogens (tertiary/aromatic N) is 4. The van der Waals surface area contributed by atoms with Crippen LogP contribution in [0.25, 0.3) is 0 Å². The zero-order chi connectivity index (χ0) is 17.8. The highest BCUT2D eigenvalue weighted by Crippen LogP contribution is 2.24. The van der Waals surface area contributed by atoms with Crippen LogP contribution in [0.1, 0.15) is 57.3 Å². The van der Waals surface area contributed by atoms with E-state index in [-0.39, 0.29) is 11.9 Å². The van der Waals surface area contributed by atoms with Gasteiger partial charge in [0.1, 0.15) is 0 Å². The summed E-state index contributed by atoms with van der Waals surface area (Å²) in [6.45, 7) is 10.3. The molecule has 2 heterocycles. The molecule has 7 nitrogen and oxygen atoms in total. The first kappa shape index (κ1) is 18.3. The van der Waals surface area contributed by atoms with E-state index in [1.54, 1.807) is 0 Å². The number of carbonyl (C=O) groups is 1. The number of carbonyl (C=O) groups excluding carboxylic acids is 1. The van der Waals surface area contributed by atoms with E-state index in [0.29, 0.717) is 30.2 Å². The fourth-order valence-electron chi connectivity index (χ4n) is 3.93. The van der Waals surface area contributed by atoms with Gasteiger partial charge in [-0.25, -0.2) is 0 Å². The summed E-state index contributed by atoms with van der Waals surface area (Å²) in [6, 6.07) is 0.489. The molecule has 1 saturated carbocycles. The van der Waals surface area contributed by atoms with Gasteiger partial charge in [0.25, 0.3) is 0 Å². The van der Waals surface area contributed by atoms with E-state index in [1.165, 1.54) is 19.3 Å². The lowest BCUT2D eigenvalue weighted by molar-refractivity contribution is -0.124. The van der Waals surface area contributed by atoms with Crippen LogP contribution in [0.2, 0.25) is 0 Å². The molecule has 2 aliphatic rings. The van der Waals surface area contributed by atoms with Crippen molar-refractivity contribution in [1.82, 2.24) is 25.3 Å². The Morgan fingerprint density at radius 1 is 1.28 bits per heavy atom. The predicted molar refractivity (Wildman–Crippen MR) is 95.0 cm³/mol. The molecule has 0 spiro atoms. The molecule has 0 aromatic carbocycles. The lowest BCUT2D eigenvalue weighted by atomic mass is 9.86. The third-order valence-electron chi connectivity index (χ3n) is 5.68. The lowest BCUT2D eigenvalue weighted by Crippen LogP contribution is -2.51. The molecule has 7 heteroatoms. The van der Waals surface area contributed by atoms with Crippen LogP contribution < -0.4 is 5.32 Å². The van der Waals surface area contributed by atoms with Crippen LogP contribution in [0.4, 0.5) is 0 Å². The van der Waals surface area contributed by atoms with E-state index in [2.05, 4.69) is 39.1 Å². The van der Waals surface area contributed by atoms with Crippen molar-refractivity contribution in [2.75, 3.05) is 32.7 Å². The van der Waals surface area contributed by atoms with E-state index in [1.807, 2.05) is 6.92 Å². The first-order valence-electron chi connectivity index (χ1n) is 9.59. The van der Waals surface area contributed by atoms with E-state index < -0.39 is 0 Å². The van der Waals surface area contributed by atoms with Crippen molar-refractivity contribution in [2.24, 2.45) is 5.92 Å². The Labute approximate surface area is 150 Å². The summed E-state index contributed by atoms with van der Waals surface area (Å²) >= 11 is 0. The van der Waals surface area contributed by atoms with E-state index >= 15 is 0 Å². The quantitative estimate of drug-likeness (QED) is 0.873. The summed E-state index contributed by atoms with van der Waals surface area (Å²) < 4.78 is 5.28. The van der Waals surface area contributed by atoms with Gasteiger partial charge in [0.2, 0.25) is 11.8 Å². The third kappa shape index (κ3) is 4.79. The molecular weight excluding hydrogens is 318 g/mol. The van der Waals surface area contributed by atoms with Gasteiger partial charge in [0.15, 0.2) is 5.82 Å². The van der Waals surface area contributed by atoms with Crippen molar-refractivity contribution in [2.45, 2.75) is 58.5 Å². The van der Waals surface area contributed by atoms with Crippen LogP contribution in [-0.2, 0) is 4.79 Å². The standard InChI is InChI=1S/C18H31N5O2/c1-13-6-4-5-7-16(13)20-17(24)12-22-8-10-23(11-9-22)14(2)18-19-15(3)21-25-18/h13-14,16H,4-12H2,1-3H3,(H,20,24)/t13-,14+,16-/m1/s1. The van der Waals surface area contributed by atoms with Gasteiger partial charge < -0.3 is 9.84 Å². The molecule has 25 heavy (non-hydrogen) atoms. The van der Waals surface area contributed by atoms with Gasteiger partial charge in [0.05, 0.1) is 12.6 Å². The molecule has 1 saturated heterocycles. The minimum absolute atomic E-state index is 0.125. The van der Waals surface area contributed by atoms with Crippen molar-refractivity contribution in [1.29, 1.82) is 0 Å². The SMILES string of the molecule is Cc1noc([C@H](C)N2CCN(CC(=O)N[C@@H]3CCCC[C@H]3C)CC2)n1. The minimum Gasteiger partial charge on any atom is -0.352 e. The van der Waals surface area contributed by atoms with Crippen molar-refractivity contribution in [3.8, 4) is 0 Å². The number of nitrogens with one attached hydrogen (secondary N) is 1. The van der Waals surface area contributed by atoms with Gasteiger partial charge >= 0.3 is 0 Å². The number of aromatic nitrogens is 2. The van der Waals surface area contributed by atoms with Gasteiger partial charge in [-0.05, 0) is 32.6 Å². The Kier molecular flexibility index (Phi) is 6.06. The van der Waals surface area contributed by atoms with Gasteiger partial charge in [-0.3, -0.25) is 14.6 Å². The molecule has 0 bridgehead atoms. The first-order valence-corrected chi connectivity index (χ1v) is 9.59. The molecule has 3 rings (SSSR count). The second-order valence-corrected chi connectivity index (χ2v) is 7.60. The van der Waals surface area contributed by atoms with Crippen LogP contribution in [0.5, 0.6) is 0 Å². The third-order valence-corrected chi connectivity index (χ3v) is 5.68. The van der Waals surface area contributed by atoms with Crippen molar-refractivity contribution in [3.05, 3.63) is 11.7 Å². The average Bonchev–Trinajstić information content (AvgIpc) is 3.03. The second-order valence-electron chi connectivity index (χ2n) is 7.60. The number of piperazine rings is 1. The zero-order valence-electron chi connectivity index (χ0n) is 15.7. The Morgan fingerprint density at radius 3 is 2.64 bits per heavy atom. The monoisotopic (exact) mass is 349 g/mol. The first-order chi connectivity index (χ1) is 12.0. The zero-order valence-corrected chi connectivity index (χ0v) is 15.7.